The van der Waals surface area contributed by atoms with Gasteiger partial charge in [-0.2, -0.15) is 0 Å². The number of nitrogens with one attached hydrogen (secondary N) is 2. The van der Waals surface area contributed by atoms with Gasteiger partial charge in [0.2, 0.25) is 0 Å². The van der Waals surface area contributed by atoms with Gasteiger partial charge in [0, 0.05) is 26.0 Å². The topological polar surface area (TPSA) is 98.9 Å². The van der Waals surface area contributed by atoms with Gasteiger partial charge < -0.3 is 25.4 Å². The number of rotatable bonds is 7. The fraction of sp³-hybridized carbons (Fsp3) is 0.364. The number of hydrogen-bond donors (Lipinski definition) is 4. The Kier molecular flexibility index (Phi) is 9.85. The molecule has 1 aromatic heterocycles. The summed E-state index contributed by atoms with van der Waals surface area (Å²) < 4.78 is 1.69. The van der Waals surface area contributed by atoms with Gasteiger partial charge in [0.25, 0.3) is 5.91 Å². The number of pyridine rings is 1. The molecule has 1 heterocycles. The summed E-state index contributed by atoms with van der Waals surface area (Å²) in [6.45, 7) is 8.58. The Bertz CT molecular complexity index is 850. The molecule has 0 unspecified atom stereocenters. The highest BCUT2D eigenvalue weighted by atomic mass is 16.3. The molecule has 0 aliphatic carbocycles. The molecule has 0 saturated heterocycles. The molecular weight excluding hydrogens is 368 g/mol. The van der Waals surface area contributed by atoms with Crippen LogP contribution < -0.4 is 16.1 Å². The summed E-state index contributed by atoms with van der Waals surface area (Å²) in [6.07, 6.45) is 4.09. The van der Waals surface area contributed by atoms with E-state index in [-0.39, 0.29) is 11.7 Å². The Morgan fingerprint density at radius 2 is 1.90 bits per heavy atom. The van der Waals surface area contributed by atoms with E-state index in [0.29, 0.717) is 12.1 Å². The van der Waals surface area contributed by atoms with Gasteiger partial charge in [0.15, 0.2) is 0 Å². The number of aromatic nitrogens is 1. The van der Waals surface area contributed by atoms with E-state index in [1.165, 1.54) is 0 Å². The Labute approximate surface area is 172 Å². The fourth-order valence-electron chi connectivity index (χ4n) is 2.31. The summed E-state index contributed by atoms with van der Waals surface area (Å²) in [4.78, 5) is 16.2. The maximum absolute atomic E-state index is 12.1. The molecule has 158 valence electrons. The zero-order chi connectivity index (χ0) is 21.9. The molecule has 1 aromatic carbocycles. The lowest BCUT2D eigenvalue weighted by Gasteiger charge is -2.15. The summed E-state index contributed by atoms with van der Waals surface area (Å²) in [5, 5.41) is 24.1. The molecule has 0 radical (unpaired) electrons. The van der Waals surface area contributed by atoms with Crippen LogP contribution in [0.3, 0.4) is 0 Å². The predicted molar refractivity (Wildman–Crippen MR) is 116 cm³/mol. The minimum Gasteiger partial charge on any atom is -0.508 e. The summed E-state index contributed by atoms with van der Waals surface area (Å²) in [5.41, 5.74) is 1.65. The number of aliphatic hydroxyl groups is 1. The lowest BCUT2D eigenvalue weighted by atomic mass is 10.1. The molecule has 7 heteroatoms. The fourth-order valence-corrected chi connectivity index (χ4v) is 2.31. The number of aromatic hydroxyl groups is 1. The molecule has 1 amide bonds. The van der Waals surface area contributed by atoms with Gasteiger partial charge >= 0.3 is 0 Å². The molecule has 0 spiro atoms. The number of amides is 1. The van der Waals surface area contributed by atoms with Crippen molar-refractivity contribution in [3.63, 3.8) is 0 Å². The van der Waals surface area contributed by atoms with Crippen LogP contribution in [0.2, 0.25) is 0 Å². The van der Waals surface area contributed by atoms with Crippen molar-refractivity contribution in [1.29, 1.82) is 0 Å². The van der Waals surface area contributed by atoms with Gasteiger partial charge in [-0.05, 0) is 63.7 Å². The number of carbonyl (C=O) groups excluding carboxylic acids is 1. The zero-order valence-corrected chi connectivity index (χ0v) is 17.6. The van der Waals surface area contributed by atoms with Crippen molar-refractivity contribution >= 4 is 12.1 Å². The Morgan fingerprint density at radius 3 is 2.38 bits per heavy atom. The minimum atomic E-state index is -0.511. The molecule has 4 N–H and O–H groups in total. The highest BCUT2D eigenvalue weighted by Crippen LogP contribution is 2.09. The second-order valence-electron chi connectivity index (χ2n) is 7.10. The van der Waals surface area contributed by atoms with Gasteiger partial charge in [-0.3, -0.25) is 9.79 Å². The number of carbonyl (C=O) groups is 1. The lowest BCUT2D eigenvalue weighted by Crippen LogP contribution is -2.25. The third kappa shape index (κ3) is 9.23. The quantitative estimate of drug-likeness (QED) is 0.572. The first-order chi connectivity index (χ1) is 13.7. The average Bonchev–Trinajstić information content (AvgIpc) is 2.71. The third-order valence-corrected chi connectivity index (χ3v) is 4.02. The van der Waals surface area contributed by atoms with Crippen LogP contribution in [0, 0.1) is 0 Å². The van der Waals surface area contributed by atoms with Crippen LogP contribution in [0.1, 0.15) is 36.2 Å². The van der Waals surface area contributed by atoms with Crippen LogP contribution in [0.5, 0.6) is 5.75 Å². The SMILES string of the molecule is C=Cn1cc(C(=O)NCc2ccc(O)cc2)ccc1=NC.CNCCC(C)(C)O. The van der Waals surface area contributed by atoms with Crippen molar-refractivity contribution in [2.45, 2.75) is 32.4 Å². The highest BCUT2D eigenvalue weighted by Gasteiger charge is 2.09. The van der Waals surface area contributed by atoms with Crippen molar-refractivity contribution < 1.29 is 15.0 Å². The highest BCUT2D eigenvalue weighted by molar-refractivity contribution is 5.93. The largest absolute Gasteiger partial charge is 0.508 e. The van der Waals surface area contributed by atoms with E-state index >= 15 is 0 Å². The minimum absolute atomic E-state index is 0.179. The molecule has 0 bridgehead atoms. The van der Waals surface area contributed by atoms with Crippen molar-refractivity contribution in [2.75, 3.05) is 20.6 Å². The van der Waals surface area contributed by atoms with Crippen molar-refractivity contribution in [3.05, 3.63) is 65.8 Å². The van der Waals surface area contributed by atoms with Gasteiger partial charge in [-0.1, -0.05) is 18.7 Å². The first-order valence-corrected chi connectivity index (χ1v) is 9.41. The Morgan fingerprint density at radius 1 is 1.24 bits per heavy atom. The van der Waals surface area contributed by atoms with E-state index in [0.717, 1.165) is 24.0 Å². The maximum Gasteiger partial charge on any atom is 0.253 e. The standard InChI is InChI=1S/C16H17N3O2.C6H15NO/c1-3-19-11-13(6-9-15(19)17-2)16(21)18-10-12-4-7-14(20)8-5-12;1-6(2,8)4-5-7-3/h3-9,11,20H,1,10H2,2H3,(H,18,21);7-8H,4-5H2,1-3H3. The Balaban J connectivity index is 0.000000447. The van der Waals surface area contributed by atoms with Crippen molar-refractivity contribution in [3.8, 4) is 5.75 Å². The second kappa shape index (κ2) is 11.8. The van der Waals surface area contributed by atoms with Crippen LogP contribution in [-0.4, -0.2) is 46.9 Å². The first kappa shape index (κ1) is 24.1. The lowest BCUT2D eigenvalue weighted by molar-refractivity contribution is 0.0717. The van der Waals surface area contributed by atoms with Crippen LogP contribution in [0.25, 0.3) is 6.20 Å². The second-order valence-corrected chi connectivity index (χ2v) is 7.10. The number of nitrogens with zero attached hydrogens (tertiary/aromatic N) is 2. The summed E-state index contributed by atoms with van der Waals surface area (Å²) in [7, 11) is 3.56. The normalized spacial score (nSPS) is 11.4. The third-order valence-electron chi connectivity index (χ3n) is 4.02. The summed E-state index contributed by atoms with van der Waals surface area (Å²) >= 11 is 0. The molecular formula is C22H32N4O3. The molecule has 2 aromatic rings. The molecule has 0 atom stereocenters. The summed E-state index contributed by atoms with van der Waals surface area (Å²) in [5.74, 6) is 0.0253. The van der Waals surface area contributed by atoms with Crippen LogP contribution in [0.15, 0.2) is 54.2 Å². The molecule has 29 heavy (non-hydrogen) atoms. The maximum atomic E-state index is 12.1. The van der Waals surface area contributed by atoms with Crippen LogP contribution in [0.4, 0.5) is 0 Å². The van der Waals surface area contributed by atoms with E-state index in [1.807, 2.05) is 20.9 Å². The van der Waals surface area contributed by atoms with Crippen LogP contribution >= 0.6 is 0 Å². The molecule has 0 fully saturated rings. The molecule has 0 aliphatic heterocycles. The first-order valence-electron chi connectivity index (χ1n) is 9.41. The monoisotopic (exact) mass is 400 g/mol. The van der Waals surface area contributed by atoms with E-state index in [1.54, 1.807) is 60.4 Å². The number of benzene rings is 1. The van der Waals surface area contributed by atoms with E-state index in [4.69, 9.17) is 5.11 Å². The van der Waals surface area contributed by atoms with Gasteiger partial charge in [-0.25, -0.2) is 0 Å². The number of hydrogen-bond acceptors (Lipinski definition) is 5. The number of phenolic OH excluding ortho intramolecular Hbond substituents is 1. The van der Waals surface area contributed by atoms with E-state index in [9.17, 15) is 9.90 Å². The van der Waals surface area contributed by atoms with E-state index in [2.05, 4.69) is 22.2 Å². The van der Waals surface area contributed by atoms with Gasteiger partial charge in [0.05, 0.1) is 11.2 Å². The molecule has 0 saturated carbocycles. The van der Waals surface area contributed by atoms with Crippen LogP contribution in [-0.2, 0) is 6.54 Å². The smallest absolute Gasteiger partial charge is 0.253 e. The van der Waals surface area contributed by atoms with Gasteiger partial charge in [0.1, 0.15) is 11.2 Å². The van der Waals surface area contributed by atoms with E-state index < -0.39 is 5.60 Å². The average molecular weight is 401 g/mol. The Hall–Kier alpha value is -2.90. The predicted octanol–water partition coefficient (Wildman–Crippen LogP) is 2.12. The van der Waals surface area contributed by atoms with Crippen molar-refractivity contribution in [2.24, 2.45) is 4.99 Å². The molecule has 7 nitrogen and oxygen atoms in total. The summed E-state index contributed by atoms with van der Waals surface area (Å²) in [6, 6.07) is 10.2. The molecule has 0 aliphatic rings. The van der Waals surface area contributed by atoms with Gasteiger partial charge in [-0.15, -0.1) is 0 Å². The van der Waals surface area contributed by atoms with Crippen molar-refractivity contribution in [1.82, 2.24) is 15.2 Å². The number of phenols is 1. The molecule has 2 rings (SSSR count). The zero-order valence-electron chi connectivity index (χ0n) is 17.6.